The van der Waals surface area contributed by atoms with Gasteiger partial charge >= 0.3 is 5.69 Å². The van der Waals surface area contributed by atoms with Crippen LogP contribution >= 0.6 is 8.53 Å². The molecule has 0 radical (unpaired) electrons. The molecule has 2 aliphatic heterocycles. The summed E-state index contributed by atoms with van der Waals surface area (Å²) < 4.78 is 48.6. The van der Waals surface area contributed by atoms with E-state index in [0.29, 0.717) is 11.5 Å². The van der Waals surface area contributed by atoms with Crippen LogP contribution in [0.25, 0.3) is 0 Å². The van der Waals surface area contributed by atoms with Crippen LogP contribution in [0.15, 0.2) is 95.9 Å². The number of hydrogen-bond acceptors (Lipinski definition) is 12. The molecular formula is C44H54N5O9P. The van der Waals surface area contributed by atoms with Gasteiger partial charge in [0, 0.05) is 24.2 Å². The second-order valence-corrected chi connectivity index (χ2v) is 16.7. The highest BCUT2D eigenvalue weighted by molar-refractivity contribution is 7.44. The van der Waals surface area contributed by atoms with Crippen molar-refractivity contribution >= 4 is 20.3 Å². The number of amides is 1. The molecule has 14 nitrogen and oxygen atoms in total. The summed E-state index contributed by atoms with van der Waals surface area (Å²) in [6.45, 7) is 11.9. The SMILES string of the molecule is COc1ccc(C(OC[C@H]2O[C@]3(n4ccc(NC(=O)C(C)C)nc4=O)CO[C@@H]3[C@@H]2OP(OCCC#N)N(C(C)C)C(C)C)(c2ccccc2)c2ccc(OC)cc2)cc1. The molecule has 1 aromatic heterocycles. The van der Waals surface area contributed by atoms with Crippen LogP contribution in [0.3, 0.4) is 0 Å². The quantitative estimate of drug-likeness (QED) is 0.0589. The molecule has 1 amide bonds. The molecule has 5 atom stereocenters. The molecule has 4 aromatic rings. The van der Waals surface area contributed by atoms with Gasteiger partial charge in [-0.2, -0.15) is 10.2 Å². The predicted octanol–water partition coefficient (Wildman–Crippen LogP) is 6.98. The number of benzene rings is 3. The molecule has 0 saturated carbocycles. The first-order chi connectivity index (χ1) is 28.4. The number of aromatic nitrogens is 2. The summed E-state index contributed by atoms with van der Waals surface area (Å²) >= 11 is 0. The molecule has 2 saturated heterocycles. The van der Waals surface area contributed by atoms with Gasteiger partial charge in [-0.05, 0) is 74.7 Å². The molecule has 0 aliphatic carbocycles. The standard InChI is InChI=1S/C44H54N5O9P/c1-29(2)41(50)46-38-23-25-48(42(51)47-38)43-28-54-40(43)39(58-59(56-26-12-24-45)49(30(3)4)31(5)6)37(57-43)27-55-44(32-13-10-9-11-14-32,33-15-19-35(52-7)20-16-33)34-17-21-36(53-8)22-18-34/h9-11,13-23,25,29-31,37,39-40H,12,26-28H2,1-8H3,(H,46,47,50,51)/t37-,39-,40-,43-,59?/m1/s1. The lowest BCUT2D eigenvalue weighted by molar-refractivity contribution is -0.279. The van der Waals surface area contributed by atoms with Gasteiger partial charge in [0.2, 0.25) is 11.6 Å². The topological polar surface area (TPSA) is 156 Å². The van der Waals surface area contributed by atoms with Crippen LogP contribution in [0.1, 0.15) is 64.7 Å². The van der Waals surface area contributed by atoms with E-state index in [9.17, 15) is 14.9 Å². The van der Waals surface area contributed by atoms with Crippen LogP contribution in [-0.2, 0) is 39.4 Å². The van der Waals surface area contributed by atoms with E-state index in [-0.39, 0.29) is 56.0 Å². The van der Waals surface area contributed by atoms with Crippen LogP contribution in [0.5, 0.6) is 11.5 Å². The van der Waals surface area contributed by atoms with Crippen LogP contribution in [-0.4, -0.2) is 84.6 Å². The Morgan fingerprint density at radius 2 is 1.54 bits per heavy atom. The van der Waals surface area contributed by atoms with Gasteiger partial charge in [0.15, 0.2) is 0 Å². The van der Waals surface area contributed by atoms with Crippen LogP contribution in [0.4, 0.5) is 5.82 Å². The number of nitrogens with zero attached hydrogens (tertiary/aromatic N) is 4. The Morgan fingerprint density at radius 3 is 2.03 bits per heavy atom. The Hall–Kier alpha value is -4.71. The van der Waals surface area contributed by atoms with E-state index in [2.05, 4.69) is 48.7 Å². The average Bonchev–Trinajstić information content (AvgIpc) is 3.42. The van der Waals surface area contributed by atoms with E-state index in [1.807, 2.05) is 78.9 Å². The van der Waals surface area contributed by atoms with E-state index >= 15 is 0 Å². The molecule has 0 bridgehead atoms. The fourth-order valence-corrected chi connectivity index (χ4v) is 9.28. The lowest BCUT2D eigenvalue weighted by Crippen LogP contribution is -2.63. The Morgan fingerprint density at radius 1 is 0.949 bits per heavy atom. The highest BCUT2D eigenvalue weighted by atomic mass is 31.2. The van der Waals surface area contributed by atoms with Gasteiger partial charge in [0.05, 0.1) is 46.5 Å². The number of nitriles is 1. The minimum Gasteiger partial charge on any atom is -0.497 e. The van der Waals surface area contributed by atoms with Gasteiger partial charge in [-0.3, -0.25) is 9.36 Å². The van der Waals surface area contributed by atoms with Crippen molar-refractivity contribution in [2.75, 3.05) is 39.4 Å². The van der Waals surface area contributed by atoms with Gasteiger partial charge in [-0.15, -0.1) is 0 Å². The maximum atomic E-state index is 13.8. The average molecular weight is 828 g/mol. The minimum absolute atomic E-state index is 0.0172. The number of hydrogen-bond donors (Lipinski definition) is 1. The smallest absolute Gasteiger partial charge is 0.352 e. The molecule has 314 valence electrons. The lowest BCUT2D eigenvalue weighted by atomic mass is 9.80. The van der Waals surface area contributed by atoms with Crippen LogP contribution < -0.4 is 20.5 Å². The van der Waals surface area contributed by atoms with Crippen molar-refractivity contribution in [1.82, 2.24) is 14.2 Å². The Bertz CT molecular complexity index is 2050. The van der Waals surface area contributed by atoms with Crippen LogP contribution in [0.2, 0.25) is 0 Å². The fraction of sp³-hybridized carbons (Fsp3) is 0.455. The summed E-state index contributed by atoms with van der Waals surface area (Å²) in [6, 6.07) is 29.2. The van der Waals surface area contributed by atoms with Crippen LogP contribution in [0, 0.1) is 17.2 Å². The zero-order valence-electron chi connectivity index (χ0n) is 34.9. The third kappa shape index (κ3) is 9.07. The minimum atomic E-state index is -1.78. The summed E-state index contributed by atoms with van der Waals surface area (Å²) in [7, 11) is 1.47. The predicted molar refractivity (Wildman–Crippen MR) is 223 cm³/mol. The molecule has 6 rings (SSSR count). The van der Waals surface area contributed by atoms with E-state index in [4.69, 9.17) is 32.7 Å². The normalized spacial score (nSPS) is 20.6. The summed E-state index contributed by atoms with van der Waals surface area (Å²) in [4.78, 5) is 30.5. The third-order valence-corrected chi connectivity index (χ3v) is 12.6. The number of anilines is 1. The summed E-state index contributed by atoms with van der Waals surface area (Å²) in [6.07, 6.45) is -0.686. The number of carbonyl (C=O) groups is 1. The van der Waals surface area contributed by atoms with Crippen molar-refractivity contribution in [3.05, 3.63) is 118 Å². The summed E-state index contributed by atoms with van der Waals surface area (Å²) in [5, 5.41) is 12.1. The Balaban J connectivity index is 1.46. The van der Waals surface area contributed by atoms with E-state index < -0.39 is 43.9 Å². The van der Waals surface area contributed by atoms with Crippen molar-refractivity contribution in [2.45, 2.75) is 89.7 Å². The molecule has 2 fully saturated rings. The van der Waals surface area contributed by atoms with Crippen molar-refractivity contribution < 1.29 is 37.5 Å². The van der Waals surface area contributed by atoms with Gasteiger partial charge in [-0.1, -0.05) is 68.4 Å². The zero-order valence-corrected chi connectivity index (χ0v) is 35.8. The largest absolute Gasteiger partial charge is 0.497 e. The zero-order chi connectivity index (χ0) is 42.3. The monoisotopic (exact) mass is 827 g/mol. The molecule has 3 heterocycles. The Labute approximate surface area is 347 Å². The van der Waals surface area contributed by atoms with E-state index in [1.165, 1.54) is 4.57 Å². The molecule has 59 heavy (non-hydrogen) atoms. The first kappa shape index (κ1) is 43.9. The molecule has 15 heteroatoms. The molecule has 2 aliphatic rings. The van der Waals surface area contributed by atoms with E-state index in [0.717, 1.165) is 16.7 Å². The van der Waals surface area contributed by atoms with Crippen molar-refractivity contribution in [1.29, 1.82) is 5.26 Å². The Kier molecular flexibility index (Phi) is 14.2. The molecule has 1 N–H and O–H groups in total. The first-order valence-electron chi connectivity index (χ1n) is 19.8. The summed E-state index contributed by atoms with van der Waals surface area (Å²) in [5.41, 5.74) is -0.639. The number of ether oxygens (including phenoxy) is 5. The van der Waals surface area contributed by atoms with E-state index in [1.54, 1.807) is 40.3 Å². The maximum absolute atomic E-state index is 13.8. The number of fused-ring (bicyclic) bond motifs is 1. The highest BCUT2D eigenvalue weighted by Crippen LogP contribution is 2.54. The fourth-order valence-electron chi connectivity index (χ4n) is 7.53. The highest BCUT2D eigenvalue weighted by Gasteiger charge is 2.66. The van der Waals surface area contributed by atoms with Gasteiger partial charge < -0.3 is 38.0 Å². The molecule has 0 spiro atoms. The third-order valence-electron chi connectivity index (χ3n) is 10.4. The number of carbonyl (C=O) groups excluding carboxylic acids is 1. The van der Waals surface area contributed by atoms with Gasteiger partial charge in [0.25, 0.3) is 8.53 Å². The van der Waals surface area contributed by atoms with Gasteiger partial charge in [0.1, 0.15) is 41.2 Å². The lowest BCUT2D eigenvalue weighted by Gasteiger charge is -2.45. The summed E-state index contributed by atoms with van der Waals surface area (Å²) in [5.74, 6) is 0.939. The molecule has 1 unspecified atom stereocenters. The second-order valence-electron chi connectivity index (χ2n) is 15.3. The second kappa shape index (κ2) is 19.1. The number of nitrogens with one attached hydrogen (secondary N) is 1. The first-order valence-corrected chi connectivity index (χ1v) is 21.0. The van der Waals surface area contributed by atoms with Gasteiger partial charge in [-0.25, -0.2) is 9.46 Å². The number of methoxy groups -OCH3 is 2. The maximum Gasteiger partial charge on any atom is 0.352 e. The molecular weight excluding hydrogens is 773 g/mol. The number of rotatable bonds is 19. The van der Waals surface area contributed by atoms with Crippen molar-refractivity contribution in [3.63, 3.8) is 0 Å². The molecule has 3 aromatic carbocycles. The van der Waals surface area contributed by atoms with Crippen molar-refractivity contribution in [2.24, 2.45) is 5.92 Å². The van der Waals surface area contributed by atoms with Crippen molar-refractivity contribution in [3.8, 4) is 17.6 Å².